The zero-order valence-corrected chi connectivity index (χ0v) is 20.2. The van der Waals surface area contributed by atoms with Crippen molar-refractivity contribution in [2.75, 3.05) is 19.7 Å². The average Bonchev–Trinajstić information content (AvgIpc) is 2.84. The number of ether oxygens (including phenoxy) is 4. The third kappa shape index (κ3) is 6.67. The van der Waals surface area contributed by atoms with Crippen LogP contribution in [0.4, 0.5) is 4.39 Å². The maximum atomic E-state index is 15.9. The molecular formula is C21H42FN7O7. The normalized spacial score (nSPS) is 45.9. The number of amides is 1. The molecule has 36 heavy (non-hydrogen) atoms. The van der Waals surface area contributed by atoms with E-state index in [1.807, 2.05) is 0 Å². The summed E-state index contributed by atoms with van der Waals surface area (Å²) in [4.78, 5) is 12.2. The van der Waals surface area contributed by atoms with E-state index in [2.05, 4.69) is 5.32 Å². The van der Waals surface area contributed by atoms with Gasteiger partial charge in [0.25, 0.3) is 0 Å². The lowest BCUT2D eigenvalue weighted by molar-refractivity contribution is -0.288. The minimum atomic E-state index is -1.82. The lowest BCUT2D eigenvalue weighted by Crippen LogP contribution is -2.70. The molecule has 1 saturated carbocycles. The molecule has 1 aliphatic carbocycles. The van der Waals surface area contributed by atoms with Gasteiger partial charge in [0.1, 0.15) is 18.3 Å². The Hall–Kier alpha value is -1.08. The molecule has 210 valence electrons. The lowest BCUT2D eigenvalue weighted by Gasteiger charge is -2.48. The minimum Gasteiger partial charge on any atom is -0.394 e. The van der Waals surface area contributed by atoms with E-state index in [0.717, 1.165) is 0 Å². The van der Waals surface area contributed by atoms with Crippen LogP contribution in [0.5, 0.6) is 0 Å². The molecule has 13 atom stereocenters. The van der Waals surface area contributed by atoms with Crippen LogP contribution in [0.3, 0.4) is 0 Å². The van der Waals surface area contributed by atoms with Crippen molar-refractivity contribution in [3.05, 3.63) is 0 Å². The number of hydrogen-bond acceptors (Lipinski definition) is 13. The van der Waals surface area contributed by atoms with Crippen LogP contribution in [0.25, 0.3) is 0 Å². The molecule has 0 bridgehead atoms. The van der Waals surface area contributed by atoms with Crippen molar-refractivity contribution in [3.8, 4) is 0 Å². The van der Waals surface area contributed by atoms with Crippen molar-refractivity contribution < 1.29 is 38.3 Å². The van der Waals surface area contributed by atoms with Crippen LogP contribution in [-0.2, 0) is 23.7 Å². The van der Waals surface area contributed by atoms with Gasteiger partial charge >= 0.3 is 0 Å². The van der Waals surface area contributed by atoms with Gasteiger partial charge in [0.2, 0.25) is 5.91 Å². The average molecular weight is 524 g/mol. The number of alkyl halides is 1. The summed E-state index contributed by atoms with van der Waals surface area (Å²) in [6.07, 6.45) is -7.82. The largest absolute Gasteiger partial charge is 0.394 e. The first-order valence-corrected chi connectivity index (χ1v) is 12.4. The molecule has 2 saturated heterocycles. The summed E-state index contributed by atoms with van der Waals surface area (Å²) in [6, 6.07) is -4.28. The van der Waals surface area contributed by atoms with Crippen molar-refractivity contribution in [3.63, 3.8) is 0 Å². The summed E-state index contributed by atoms with van der Waals surface area (Å²) in [6.45, 7) is -0.230. The Bertz CT molecular complexity index is 716. The van der Waals surface area contributed by atoms with Crippen LogP contribution in [-0.4, -0.2) is 115 Å². The Morgan fingerprint density at radius 2 is 1.64 bits per heavy atom. The van der Waals surface area contributed by atoms with Gasteiger partial charge in [0, 0.05) is 31.6 Å². The summed E-state index contributed by atoms with van der Waals surface area (Å²) in [5.74, 6) is -0.462. The predicted molar refractivity (Wildman–Crippen MR) is 125 cm³/mol. The summed E-state index contributed by atoms with van der Waals surface area (Å²) >= 11 is 0. The van der Waals surface area contributed by atoms with E-state index in [4.69, 9.17) is 53.3 Å². The Kier molecular flexibility index (Phi) is 10.7. The van der Waals surface area contributed by atoms with E-state index in [-0.39, 0.29) is 32.0 Å². The summed E-state index contributed by atoms with van der Waals surface area (Å²) in [7, 11) is 0. The lowest BCUT2D eigenvalue weighted by atomic mass is 9.85. The van der Waals surface area contributed by atoms with Crippen LogP contribution >= 0.6 is 0 Å². The van der Waals surface area contributed by atoms with Crippen LogP contribution in [0, 0.1) is 0 Å². The van der Waals surface area contributed by atoms with Gasteiger partial charge in [-0.15, -0.1) is 0 Å². The molecule has 0 unspecified atom stereocenters. The molecule has 0 aromatic rings. The SMILES string of the molecule is NCCC(=O)N[C@H]1[C@@H](O[C@@H]2[C@H](F)[C@H](O[C@H]3O[C@H](CN)CC[C@H]3N)[C@@H](N)C[C@H]2N)O[C@H](CO)[C@@H](O)[C@@H]1N. The van der Waals surface area contributed by atoms with E-state index >= 15 is 4.39 Å². The first-order valence-electron chi connectivity index (χ1n) is 12.4. The second kappa shape index (κ2) is 13.1. The highest BCUT2D eigenvalue weighted by Gasteiger charge is 2.51. The molecule has 0 spiro atoms. The van der Waals surface area contributed by atoms with Crippen molar-refractivity contribution in [1.29, 1.82) is 0 Å². The predicted octanol–water partition coefficient (Wildman–Crippen LogP) is -4.82. The molecule has 2 aliphatic heterocycles. The second-order valence-electron chi connectivity index (χ2n) is 9.74. The van der Waals surface area contributed by atoms with Crippen LogP contribution in [0.2, 0.25) is 0 Å². The molecule has 14 nitrogen and oxygen atoms in total. The van der Waals surface area contributed by atoms with Gasteiger partial charge in [-0.2, -0.15) is 0 Å². The molecular weight excluding hydrogens is 481 g/mol. The van der Waals surface area contributed by atoms with Crippen molar-refractivity contribution in [2.45, 2.75) is 105 Å². The highest BCUT2D eigenvalue weighted by atomic mass is 19.1. The fraction of sp³-hybridized carbons (Fsp3) is 0.952. The Morgan fingerprint density at radius 1 is 1.00 bits per heavy atom. The molecule has 3 aliphatic rings. The molecule has 15 N–H and O–H groups in total. The number of halogens is 1. The Morgan fingerprint density at radius 3 is 2.22 bits per heavy atom. The van der Waals surface area contributed by atoms with Crippen LogP contribution in [0.15, 0.2) is 0 Å². The second-order valence-corrected chi connectivity index (χ2v) is 9.74. The minimum absolute atomic E-state index is 0.0135. The highest BCUT2D eigenvalue weighted by Crippen LogP contribution is 2.32. The fourth-order valence-electron chi connectivity index (χ4n) is 4.88. The zero-order valence-electron chi connectivity index (χ0n) is 20.2. The van der Waals surface area contributed by atoms with Crippen LogP contribution in [0.1, 0.15) is 25.7 Å². The number of nitrogens with two attached hydrogens (primary N) is 6. The van der Waals surface area contributed by atoms with E-state index in [1.54, 1.807) is 0 Å². The monoisotopic (exact) mass is 523 g/mol. The van der Waals surface area contributed by atoms with Gasteiger partial charge in [-0.3, -0.25) is 4.79 Å². The molecule has 0 aromatic heterocycles. The van der Waals surface area contributed by atoms with Gasteiger partial charge in [-0.1, -0.05) is 0 Å². The molecule has 0 aromatic carbocycles. The third-order valence-electron chi connectivity index (χ3n) is 7.03. The number of aliphatic hydroxyl groups is 2. The molecule has 3 fully saturated rings. The first kappa shape index (κ1) is 29.5. The van der Waals surface area contributed by atoms with Gasteiger partial charge < -0.3 is 68.9 Å². The maximum Gasteiger partial charge on any atom is 0.221 e. The zero-order chi connectivity index (χ0) is 26.6. The molecule has 15 heteroatoms. The number of carbonyl (C=O) groups is 1. The summed E-state index contributed by atoms with van der Waals surface area (Å²) in [5.41, 5.74) is 35.8. The standard InChI is InChI=1S/C21H42FN7O7/c22-14-18(35-20-9(25)2-1-8(6-24)33-20)10(26)5-11(27)19(14)36-21-16(29-13(31)3-4-23)15(28)17(32)12(7-30)34-21/h8-12,14-21,30,32H,1-7,23-28H2,(H,29,31)/t8-,9+,10-,11+,12+,14+,15+,16+,17+,18+,19-,20+,21+/m0/s1. The molecule has 1 amide bonds. The van der Waals surface area contributed by atoms with E-state index < -0.39 is 85.9 Å². The quantitative estimate of drug-likeness (QED) is 0.137. The first-order chi connectivity index (χ1) is 17.1. The topological polar surface area (TPSA) is 263 Å². The van der Waals surface area contributed by atoms with Gasteiger partial charge in [-0.25, -0.2) is 4.39 Å². The molecule has 3 rings (SSSR count). The van der Waals surface area contributed by atoms with Crippen molar-refractivity contribution in [1.82, 2.24) is 5.32 Å². The smallest absolute Gasteiger partial charge is 0.221 e. The van der Waals surface area contributed by atoms with Gasteiger partial charge in [0.15, 0.2) is 18.8 Å². The van der Waals surface area contributed by atoms with Gasteiger partial charge in [0.05, 0.1) is 36.9 Å². The Balaban J connectivity index is 1.76. The number of carbonyl (C=O) groups excluding carboxylic acids is 1. The third-order valence-corrected chi connectivity index (χ3v) is 7.03. The summed E-state index contributed by atoms with van der Waals surface area (Å²) < 4.78 is 39.2. The number of nitrogens with one attached hydrogen (secondary N) is 1. The van der Waals surface area contributed by atoms with E-state index in [9.17, 15) is 15.0 Å². The Labute approximate surface area is 209 Å². The number of rotatable bonds is 9. The number of aliphatic hydroxyl groups excluding tert-OH is 2. The van der Waals surface area contributed by atoms with Crippen LogP contribution < -0.4 is 39.7 Å². The van der Waals surface area contributed by atoms with Crippen molar-refractivity contribution >= 4 is 5.91 Å². The van der Waals surface area contributed by atoms with Gasteiger partial charge in [-0.05, 0) is 19.3 Å². The highest BCUT2D eigenvalue weighted by molar-refractivity contribution is 5.76. The van der Waals surface area contributed by atoms with E-state index in [1.165, 1.54) is 0 Å². The summed E-state index contributed by atoms with van der Waals surface area (Å²) in [5, 5.41) is 22.6. The fourth-order valence-corrected chi connectivity index (χ4v) is 4.88. The number of hydrogen-bond donors (Lipinski definition) is 9. The van der Waals surface area contributed by atoms with E-state index in [0.29, 0.717) is 12.8 Å². The maximum absolute atomic E-state index is 15.9. The molecule has 0 radical (unpaired) electrons. The molecule has 2 heterocycles. The van der Waals surface area contributed by atoms with Crippen molar-refractivity contribution in [2.24, 2.45) is 34.4 Å².